The summed E-state index contributed by atoms with van der Waals surface area (Å²) >= 11 is 25.2. The first-order chi connectivity index (χ1) is 22.1. The van der Waals surface area contributed by atoms with Crippen molar-refractivity contribution in [2.45, 2.75) is 0 Å². The molecule has 0 heterocycles. The molecule has 0 fully saturated rings. The Hall–Kier alpha value is -2.20. The molecule has 0 atom stereocenters. The molecule has 0 aliphatic heterocycles. The van der Waals surface area contributed by atoms with Crippen molar-refractivity contribution >= 4 is 174 Å². The van der Waals surface area contributed by atoms with Crippen LogP contribution in [0.1, 0.15) is 41.4 Å². The summed E-state index contributed by atoms with van der Waals surface area (Å²) in [6, 6.07) is 12.9. The molecule has 20 heteroatoms. The Morgan fingerprint density at radius 3 is 1.33 bits per heavy atom. The van der Waals surface area contributed by atoms with Crippen molar-refractivity contribution in [1.82, 2.24) is 0 Å². The lowest BCUT2D eigenvalue weighted by molar-refractivity contribution is 0.0686. The minimum Gasteiger partial charge on any atom is -0.478 e. The maximum Gasteiger partial charge on any atom is 0.338 e. The van der Waals surface area contributed by atoms with E-state index in [1.54, 1.807) is 36.4 Å². The molecule has 0 radical (unpaired) electrons. The van der Waals surface area contributed by atoms with E-state index in [1.807, 2.05) is 0 Å². The molecule has 0 aromatic heterocycles. The molecule has 12 nitrogen and oxygen atoms in total. The van der Waals surface area contributed by atoms with E-state index in [1.165, 1.54) is 12.1 Å². The van der Waals surface area contributed by atoms with Crippen LogP contribution in [0.3, 0.4) is 0 Å². The highest BCUT2D eigenvalue weighted by atomic mass is 79.9. The average molecular weight is 1180 g/mol. The molecule has 12 N–H and O–H groups in total. The monoisotopic (exact) mass is 1170 g/mol. The van der Waals surface area contributed by atoms with Crippen LogP contribution in [-0.2, 0) is 0 Å². The molecule has 0 aliphatic rings. The van der Waals surface area contributed by atoms with E-state index >= 15 is 0 Å². The Morgan fingerprint density at radius 1 is 0.438 bits per heavy atom. The van der Waals surface area contributed by atoms with Crippen LogP contribution in [0, 0.1) is 0 Å². The van der Waals surface area contributed by atoms with Gasteiger partial charge in [-0.1, -0.05) is 31.9 Å². The molecule has 0 saturated carbocycles. The standard InChI is InChI=1S/4C7H5Br2NO2/c8-3-1-4(9)6(7(11)12)5(10)2-3;8-3-1-4(7(11)12)6(10)5(9)2-3;8-3-1-2-4(10)5(6(3)9)7(11)12;8-3-1-2-4(9)6(10)5(3)7(11)12/h4*1-2H,10H2,(H,11,12). The van der Waals surface area contributed by atoms with Crippen LogP contribution < -0.4 is 22.9 Å². The van der Waals surface area contributed by atoms with Gasteiger partial charge in [0.25, 0.3) is 0 Å². The summed E-state index contributed by atoms with van der Waals surface area (Å²) in [4.78, 5) is 42.6. The first kappa shape index (κ1) is 43.8. The summed E-state index contributed by atoms with van der Waals surface area (Å²) in [6.07, 6.45) is 0. The molecular formula is C28H20Br8N4O8. The number of carbonyl (C=O) groups is 4. The number of hydrogen-bond donors (Lipinski definition) is 8. The van der Waals surface area contributed by atoms with Gasteiger partial charge in [0, 0.05) is 47.2 Å². The van der Waals surface area contributed by atoms with Crippen molar-refractivity contribution in [1.29, 1.82) is 0 Å². The van der Waals surface area contributed by atoms with E-state index in [-0.39, 0.29) is 45.0 Å². The Bertz CT molecular complexity index is 1800. The molecule has 0 bridgehead atoms. The summed E-state index contributed by atoms with van der Waals surface area (Å²) in [7, 11) is 0. The Balaban J connectivity index is 0.000000320. The van der Waals surface area contributed by atoms with Crippen LogP contribution in [0.2, 0.25) is 0 Å². The predicted molar refractivity (Wildman–Crippen MR) is 213 cm³/mol. The lowest BCUT2D eigenvalue weighted by Crippen LogP contribution is -2.03. The summed E-state index contributed by atoms with van der Waals surface area (Å²) < 4.78 is 4.69. The SMILES string of the molecule is Nc1c(Br)cc(Br)cc1C(=O)O.Nc1c(Br)ccc(Br)c1C(=O)O.Nc1cc(Br)cc(Br)c1C(=O)O.Nc1ccc(Br)c(Br)c1C(=O)O. The van der Waals surface area contributed by atoms with Crippen molar-refractivity contribution in [3.05, 3.63) is 107 Å². The zero-order valence-electron chi connectivity index (χ0n) is 23.4. The third-order valence-electron chi connectivity index (χ3n) is 5.32. The molecule has 48 heavy (non-hydrogen) atoms. The van der Waals surface area contributed by atoms with Gasteiger partial charge in [-0.3, -0.25) is 0 Å². The van der Waals surface area contributed by atoms with Crippen LogP contribution >= 0.6 is 127 Å². The quantitative estimate of drug-likeness (QED) is 0.0889. The van der Waals surface area contributed by atoms with E-state index in [9.17, 15) is 19.2 Å². The van der Waals surface area contributed by atoms with Crippen LogP contribution in [0.25, 0.3) is 0 Å². The zero-order valence-corrected chi connectivity index (χ0v) is 36.1. The highest BCUT2D eigenvalue weighted by Gasteiger charge is 2.16. The summed E-state index contributed by atoms with van der Waals surface area (Å²) in [5, 5.41) is 34.9. The summed E-state index contributed by atoms with van der Waals surface area (Å²) in [6.45, 7) is 0. The second kappa shape index (κ2) is 19.9. The largest absolute Gasteiger partial charge is 0.478 e. The second-order valence-corrected chi connectivity index (χ2v) is 15.5. The molecule has 0 unspecified atom stereocenters. The summed E-state index contributed by atoms with van der Waals surface area (Å²) in [5.74, 6) is -4.15. The Kier molecular flexibility index (Phi) is 18.1. The molecule has 0 saturated heterocycles. The highest BCUT2D eigenvalue weighted by Crippen LogP contribution is 2.32. The third kappa shape index (κ3) is 12.6. The van der Waals surface area contributed by atoms with Crippen LogP contribution in [0.15, 0.2) is 84.3 Å². The first-order valence-corrected chi connectivity index (χ1v) is 18.4. The normalized spacial score (nSPS) is 9.83. The van der Waals surface area contributed by atoms with Crippen molar-refractivity contribution in [2.75, 3.05) is 22.9 Å². The fourth-order valence-corrected chi connectivity index (χ4v) is 7.51. The number of nitrogens with two attached hydrogens (primary N) is 4. The number of hydrogen-bond acceptors (Lipinski definition) is 8. The Morgan fingerprint density at radius 2 is 0.896 bits per heavy atom. The number of nitrogen functional groups attached to an aromatic ring is 4. The molecule has 256 valence electrons. The number of carboxylic acid groups (broad SMARTS) is 4. The van der Waals surface area contributed by atoms with Gasteiger partial charge in [-0.2, -0.15) is 0 Å². The van der Waals surface area contributed by atoms with Gasteiger partial charge in [0.05, 0.1) is 33.6 Å². The van der Waals surface area contributed by atoms with E-state index in [0.29, 0.717) is 31.3 Å². The van der Waals surface area contributed by atoms with Gasteiger partial charge in [-0.15, -0.1) is 0 Å². The van der Waals surface area contributed by atoms with Crippen molar-refractivity contribution in [3.8, 4) is 0 Å². The van der Waals surface area contributed by atoms with Gasteiger partial charge in [-0.25, -0.2) is 19.2 Å². The number of carboxylic acids is 4. The second-order valence-electron chi connectivity index (χ2n) is 8.56. The molecule has 0 aliphatic carbocycles. The zero-order chi connectivity index (χ0) is 37.2. The van der Waals surface area contributed by atoms with E-state index in [2.05, 4.69) is 127 Å². The number of anilines is 4. The summed E-state index contributed by atoms with van der Waals surface area (Å²) in [5.41, 5.74) is 23.3. The highest BCUT2D eigenvalue weighted by molar-refractivity contribution is 9.13. The first-order valence-electron chi connectivity index (χ1n) is 12.0. The van der Waals surface area contributed by atoms with Gasteiger partial charge in [-0.05, 0) is 144 Å². The molecule has 4 aromatic rings. The fourth-order valence-electron chi connectivity index (χ4n) is 3.15. The number of rotatable bonds is 4. The molecule has 0 spiro atoms. The minimum absolute atomic E-state index is 0.0874. The van der Waals surface area contributed by atoms with E-state index in [4.69, 9.17) is 43.4 Å². The van der Waals surface area contributed by atoms with Crippen LogP contribution in [0.4, 0.5) is 22.7 Å². The molecule has 4 aromatic carbocycles. The van der Waals surface area contributed by atoms with Gasteiger partial charge in [0.1, 0.15) is 0 Å². The minimum atomic E-state index is -1.04. The van der Waals surface area contributed by atoms with Crippen LogP contribution in [-0.4, -0.2) is 44.3 Å². The average Bonchev–Trinajstić information content (AvgIpc) is 2.95. The lowest BCUT2D eigenvalue weighted by atomic mass is 10.2. The van der Waals surface area contributed by atoms with E-state index < -0.39 is 23.9 Å². The van der Waals surface area contributed by atoms with E-state index in [0.717, 1.165) is 4.47 Å². The maximum atomic E-state index is 10.7. The van der Waals surface area contributed by atoms with Crippen molar-refractivity contribution < 1.29 is 39.6 Å². The maximum absolute atomic E-state index is 10.7. The third-order valence-corrected chi connectivity index (χ3v) is 10.9. The van der Waals surface area contributed by atoms with Crippen molar-refractivity contribution in [3.63, 3.8) is 0 Å². The topological polar surface area (TPSA) is 253 Å². The van der Waals surface area contributed by atoms with Gasteiger partial charge < -0.3 is 43.4 Å². The number of aromatic carboxylic acids is 4. The predicted octanol–water partition coefficient (Wildman–Crippen LogP) is 9.97. The molecular weight excluding hydrogens is 1160 g/mol. The van der Waals surface area contributed by atoms with Gasteiger partial charge in [0.15, 0.2) is 0 Å². The van der Waals surface area contributed by atoms with Gasteiger partial charge >= 0.3 is 23.9 Å². The lowest BCUT2D eigenvalue weighted by Gasteiger charge is -2.04. The van der Waals surface area contributed by atoms with Crippen LogP contribution in [0.5, 0.6) is 0 Å². The molecule has 0 amide bonds. The van der Waals surface area contributed by atoms with Crippen molar-refractivity contribution in [2.24, 2.45) is 0 Å². The molecule has 4 rings (SSSR count). The fraction of sp³-hybridized carbons (Fsp3) is 0. The van der Waals surface area contributed by atoms with Gasteiger partial charge in [0.2, 0.25) is 0 Å². The Labute approximate surface area is 339 Å². The number of halogens is 8. The number of benzene rings is 4. The smallest absolute Gasteiger partial charge is 0.338 e.